The van der Waals surface area contributed by atoms with Crippen LogP contribution in [-0.4, -0.2) is 35.2 Å². The Bertz CT molecular complexity index is 762. The van der Waals surface area contributed by atoms with Crippen LogP contribution in [-0.2, 0) is 29.1 Å². The van der Waals surface area contributed by atoms with Gasteiger partial charge in [-0.05, 0) is 42.5 Å². The quantitative estimate of drug-likeness (QED) is 0.740. The second-order valence-corrected chi connectivity index (χ2v) is 6.54. The zero-order valence-corrected chi connectivity index (χ0v) is 13.2. The molecule has 1 unspecified atom stereocenters. The van der Waals surface area contributed by atoms with E-state index < -0.39 is 23.7 Å². The number of carbonyl (C=O) groups is 3. The lowest BCUT2D eigenvalue weighted by Crippen LogP contribution is -2.52. The Kier molecular flexibility index (Phi) is 3.60. The van der Waals surface area contributed by atoms with Crippen molar-refractivity contribution in [3.63, 3.8) is 0 Å². The van der Waals surface area contributed by atoms with Gasteiger partial charge in [0.25, 0.3) is 5.91 Å². The number of rotatable bonds is 1. The van der Waals surface area contributed by atoms with Crippen LogP contribution in [0.3, 0.4) is 0 Å². The molecule has 0 aromatic heterocycles. The van der Waals surface area contributed by atoms with Gasteiger partial charge in [0.15, 0.2) is 0 Å². The molecule has 4 rings (SSSR count). The molecule has 7 heteroatoms. The van der Waals surface area contributed by atoms with Crippen LogP contribution in [0.15, 0.2) is 6.07 Å². The fraction of sp³-hybridized carbons (Fsp3) is 0.471. The van der Waals surface area contributed by atoms with Gasteiger partial charge < -0.3 is 10.2 Å². The summed E-state index contributed by atoms with van der Waals surface area (Å²) in [7, 11) is 0. The van der Waals surface area contributed by atoms with Crippen molar-refractivity contribution in [1.29, 1.82) is 0 Å². The van der Waals surface area contributed by atoms with Gasteiger partial charge >= 0.3 is 0 Å². The highest BCUT2D eigenvalue weighted by atomic mass is 19.1. The van der Waals surface area contributed by atoms with Crippen LogP contribution in [0, 0.1) is 5.82 Å². The summed E-state index contributed by atoms with van der Waals surface area (Å²) in [5.74, 6) is -1.69. The molecule has 3 aliphatic heterocycles. The Morgan fingerprint density at radius 2 is 2.00 bits per heavy atom. The third-order valence-corrected chi connectivity index (χ3v) is 5.04. The van der Waals surface area contributed by atoms with Crippen molar-refractivity contribution in [3.05, 3.63) is 34.1 Å². The summed E-state index contributed by atoms with van der Waals surface area (Å²) in [6.07, 6.45) is 1.91. The highest BCUT2D eigenvalue weighted by Gasteiger charge is 2.41. The number of hydrogen-bond donors (Lipinski definition) is 2. The smallest absolute Gasteiger partial charge is 0.258 e. The summed E-state index contributed by atoms with van der Waals surface area (Å²) in [5.41, 5.74) is 2.23. The maximum absolute atomic E-state index is 15.0. The van der Waals surface area contributed by atoms with Crippen LogP contribution in [0.2, 0.25) is 0 Å². The Hall–Kier alpha value is -2.28. The van der Waals surface area contributed by atoms with E-state index in [1.54, 1.807) is 0 Å². The zero-order valence-electron chi connectivity index (χ0n) is 13.2. The Balaban J connectivity index is 1.69. The average molecular weight is 331 g/mol. The minimum atomic E-state index is -0.708. The van der Waals surface area contributed by atoms with Crippen LogP contribution < -0.4 is 10.6 Å². The highest BCUT2D eigenvalue weighted by Crippen LogP contribution is 2.33. The summed E-state index contributed by atoms with van der Waals surface area (Å²) in [4.78, 5) is 37.4. The third-order valence-electron chi connectivity index (χ3n) is 5.04. The molecule has 1 saturated heterocycles. The van der Waals surface area contributed by atoms with E-state index in [1.165, 1.54) is 4.90 Å². The fourth-order valence-electron chi connectivity index (χ4n) is 3.83. The maximum Gasteiger partial charge on any atom is 0.258 e. The molecule has 0 bridgehead atoms. The van der Waals surface area contributed by atoms with E-state index in [-0.39, 0.29) is 30.9 Å². The van der Waals surface area contributed by atoms with Crippen molar-refractivity contribution in [3.8, 4) is 0 Å². The molecule has 3 heterocycles. The molecule has 0 radical (unpaired) electrons. The first kappa shape index (κ1) is 15.3. The van der Waals surface area contributed by atoms with Crippen LogP contribution in [0.1, 0.15) is 46.3 Å². The molecule has 1 aromatic rings. The lowest BCUT2D eigenvalue weighted by Gasteiger charge is -2.29. The molecule has 24 heavy (non-hydrogen) atoms. The number of carbonyl (C=O) groups excluding carboxylic acids is 3. The molecular weight excluding hydrogens is 313 g/mol. The molecule has 1 atom stereocenters. The van der Waals surface area contributed by atoms with Crippen molar-refractivity contribution in [1.82, 2.24) is 15.5 Å². The second kappa shape index (κ2) is 5.66. The van der Waals surface area contributed by atoms with E-state index in [9.17, 15) is 18.8 Å². The van der Waals surface area contributed by atoms with Gasteiger partial charge in [0.2, 0.25) is 11.8 Å². The van der Waals surface area contributed by atoms with Crippen molar-refractivity contribution < 1.29 is 18.8 Å². The number of imide groups is 1. The monoisotopic (exact) mass is 331 g/mol. The summed E-state index contributed by atoms with van der Waals surface area (Å²) in [5, 5.41) is 5.51. The van der Waals surface area contributed by atoms with E-state index >= 15 is 0 Å². The molecule has 2 N–H and O–H groups in total. The number of amides is 3. The van der Waals surface area contributed by atoms with E-state index in [1.807, 2.05) is 6.07 Å². The normalized spacial score (nSPS) is 23.6. The molecular formula is C17H18FN3O3. The van der Waals surface area contributed by atoms with Crippen molar-refractivity contribution in [2.75, 3.05) is 6.54 Å². The molecule has 1 fully saturated rings. The molecule has 0 aliphatic carbocycles. The molecule has 126 valence electrons. The number of nitrogens with one attached hydrogen (secondary N) is 2. The van der Waals surface area contributed by atoms with E-state index in [4.69, 9.17) is 0 Å². The number of piperidine rings is 1. The lowest BCUT2D eigenvalue weighted by molar-refractivity contribution is -0.136. The molecule has 0 saturated carbocycles. The Morgan fingerprint density at radius 1 is 1.17 bits per heavy atom. The Labute approximate surface area is 138 Å². The standard InChI is InChI=1S/C17H18FN3O3/c18-15-11-2-1-5-19-7-9(11)6-10-8-21(17(24)14(10)15)12-3-4-13(22)20-16(12)23/h6,12,19H,1-5,7-8H2,(H,20,22,23). The topological polar surface area (TPSA) is 78.5 Å². The SMILES string of the molecule is O=C1CCC(N2Cc3cc4c(c(F)c3C2=O)CCCNC4)C(=O)N1. The number of fused-ring (bicyclic) bond motifs is 2. The largest absolute Gasteiger partial charge is 0.322 e. The summed E-state index contributed by atoms with van der Waals surface area (Å²) in [6, 6.07) is 1.18. The van der Waals surface area contributed by atoms with Gasteiger partial charge in [-0.1, -0.05) is 6.07 Å². The molecule has 3 amide bonds. The van der Waals surface area contributed by atoms with Crippen molar-refractivity contribution in [2.24, 2.45) is 0 Å². The minimum Gasteiger partial charge on any atom is -0.322 e. The first-order valence-electron chi connectivity index (χ1n) is 8.24. The van der Waals surface area contributed by atoms with Crippen LogP contribution in [0.25, 0.3) is 0 Å². The van der Waals surface area contributed by atoms with Crippen molar-refractivity contribution in [2.45, 2.75) is 44.8 Å². The second-order valence-electron chi connectivity index (χ2n) is 6.54. The number of nitrogens with zero attached hydrogens (tertiary/aromatic N) is 1. The van der Waals surface area contributed by atoms with Gasteiger partial charge in [0.1, 0.15) is 11.9 Å². The van der Waals surface area contributed by atoms with Gasteiger partial charge in [-0.15, -0.1) is 0 Å². The third kappa shape index (κ3) is 2.31. The molecule has 1 aromatic carbocycles. The average Bonchev–Trinajstić information content (AvgIpc) is 2.72. The van der Waals surface area contributed by atoms with Gasteiger partial charge in [-0.3, -0.25) is 19.7 Å². The van der Waals surface area contributed by atoms with E-state index in [2.05, 4.69) is 10.6 Å². The molecule has 3 aliphatic rings. The van der Waals surface area contributed by atoms with Gasteiger partial charge in [-0.2, -0.15) is 0 Å². The summed E-state index contributed by atoms with van der Waals surface area (Å²) >= 11 is 0. The zero-order chi connectivity index (χ0) is 16.8. The Morgan fingerprint density at radius 3 is 2.79 bits per heavy atom. The van der Waals surface area contributed by atoms with E-state index in [0.29, 0.717) is 24.1 Å². The van der Waals surface area contributed by atoms with Crippen LogP contribution in [0.5, 0.6) is 0 Å². The first-order valence-corrected chi connectivity index (χ1v) is 8.24. The predicted octanol–water partition coefficient (Wildman–Crippen LogP) is 0.623. The van der Waals surface area contributed by atoms with Crippen LogP contribution >= 0.6 is 0 Å². The number of benzene rings is 1. The van der Waals surface area contributed by atoms with Gasteiger partial charge in [0, 0.05) is 19.5 Å². The van der Waals surface area contributed by atoms with Gasteiger partial charge in [0.05, 0.1) is 5.56 Å². The van der Waals surface area contributed by atoms with Crippen molar-refractivity contribution >= 4 is 17.7 Å². The fourth-order valence-corrected chi connectivity index (χ4v) is 3.83. The first-order chi connectivity index (χ1) is 11.6. The lowest BCUT2D eigenvalue weighted by atomic mass is 9.96. The van der Waals surface area contributed by atoms with E-state index in [0.717, 1.165) is 18.5 Å². The maximum atomic E-state index is 15.0. The number of halogens is 1. The molecule has 0 spiro atoms. The molecule has 6 nitrogen and oxygen atoms in total. The minimum absolute atomic E-state index is 0.0975. The summed E-state index contributed by atoms with van der Waals surface area (Å²) in [6.45, 7) is 1.63. The predicted molar refractivity (Wildman–Crippen MR) is 82.5 cm³/mol. The number of hydrogen-bond acceptors (Lipinski definition) is 4. The highest BCUT2D eigenvalue weighted by molar-refractivity contribution is 6.05. The summed E-state index contributed by atoms with van der Waals surface area (Å²) < 4.78 is 15.0. The van der Waals surface area contributed by atoms with Crippen LogP contribution in [0.4, 0.5) is 4.39 Å². The van der Waals surface area contributed by atoms with Gasteiger partial charge in [-0.25, -0.2) is 4.39 Å².